The predicted octanol–water partition coefficient (Wildman–Crippen LogP) is 5.62. The van der Waals surface area contributed by atoms with Crippen LogP contribution in [0.2, 0.25) is 0 Å². The molecular formula is C16H32OS. The third kappa shape index (κ3) is 16.0. The molecule has 0 aromatic heterocycles. The smallest absolute Gasteiger partial charge is 0.120 e. The summed E-state index contributed by atoms with van der Waals surface area (Å²) in [7, 11) is 0. The quantitative estimate of drug-likeness (QED) is 0.284. The fraction of sp³-hybridized carbons (Fsp3) is 0.938. The Balaban J connectivity index is 2.88. The number of carbonyl (C=O) groups is 1. The van der Waals surface area contributed by atoms with Gasteiger partial charge in [0.05, 0.1) is 0 Å². The standard InChI is InChI=1S/C16H32OS/c1-2-3-4-5-6-7-8-9-10-11-12-15-18-16-13-14-17/h14H,2-13,15-16H2,1H3. The maximum Gasteiger partial charge on any atom is 0.120 e. The second-order valence-corrected chi connectivity index (χ2v) is 6.33. The number of carbonyl (C=O) groups excluding carboxylic acids is 1. The van der Waals surface area contributed by atoms with Crippen LogP contribution in [0.15, 0.2) is 0 Å². The van der Waals surface area contributed by atoms with Crippen molar-refractivity contribution < 1.29 is 4.79 Å². The maximum atomic E-state index is 10.1. The summed E-state index contributed by atoms with van der Waals surface area (Å²) in [6.07, 6.45) is 17.3. The van der Waals surface area contributed by atoms with Crippen molar-refractivity contribution >= 4 is 18.0 Å². The molecule has 0 saturated heterocycles. The van der Waals surface area contributed by atoms with Gasteiger partial charge in [0.2, 0.25) is 0 Å². The second-order valence-electron chi connectivity index (χ2n) is 5.10. The van der Waals surface area contributed by atoms with Gasteiger partial charge in [0.1, 0.15) is 6.29 Å². The van der Waals surface area contributed by atoms with E-state index in [4.69, 9.17) is 0 Å². The first-order valence-electron chi connectivity index (χ1n) is 7.93. The molecule has 2 heteroatoms. The molecule has 0 heterocycles. The molecule has 108 valence electrons. The lowest BCUT2D eigenvalue weighted by molar-refractivity contribution is -0.107. The van der Waals surface area contributed by atoms with E-state index in [1.807, 2.05) is 11.8 Å². The van der Waals surface area contributed by atoms with Crippen molar-refractivity contribution in [3.63, 3.8) is 0 Å². The molecule has 0 fully saturated rings. The van der Waals surface area contributed by atoms with E-state index in [-0.39, 0.29) is 0 Å². The largest absolute Gasteiger partial charge is 0.303 e. The predicted molar refractivity (Wildman–Crippen MR) is 84.5 cm³/mol. The van der Waals surface area contributed by atoms with Crippen LogP contribution in [0.25, 0.3) is 0 Å². The van der Waals surface area contributed by atoms with Gasteiger partial charge in [0.25, 0.3) is 0 Å². The molecule has 0 atom stereocenters. The highest BCUT2D eigenvalue weighted by atomic mass is 32.2. The van der Waals surface area contributed by atoms with E-state index in [0.29, 0.717) is 0 Å². The van der Waals surface area contributed by atoms with Gasteiger partial charge in [-0.05, 0) is 17.9 Å². The molecule has 1 nitrogen and oxygen atoms in total. The molecule has 0 aliphatic carbocycles. The highest BCUT2D eigenvalue weighted by molar-refractivity contribution is 7.99. The van der Waals surface area contributed by atoms with Crippen molar-refractivity contribution in [3.8, 4) is 0 Å². The van der Waals surface area contributed by atoms with Gasteiger partial charge in [0.15, 0.2) is 0 Å². The minimum absolute atomic E-state index is 0.725. The third-order valence-corrected chi connectivity index (χ3v) is 4.37. The molecule has 18 heavy (non-hydrogen) atoms. The van der Waals surface area contributed by atoms with Crippen molar-refractivity contribution in [1.29, 1.82) is 0 Å². The molecule has 0 radical (unpaired) electrons. The van der Waals surface area contributed by atoms with Crippen LogP contribution < -0.4 is 0 Å². The Kier molecular flexibility index (Phi) is 17.0. The fourth-order valence-corrected chi connectivity index (χ4v) is 2.98. The average molecular weight is 272 g/mol. The number of unbranched alkanes of at least 4 members (excludes halogenated alkanes) is 10. The molecule has 0 amide bonds. The van der Waals surface area contributed by atoms with Gasteiger partial charge in [-0.15, -0.1) is 0 Å². The molecular weight excluding hydrogens is 240 g/mol. The molecule has 0 aromatic rings. The lowest BCUT2D eigenvalue weighted by Crippen LogP contribution is -1.86. The van der Waals surface area contributed by atoms with Crippen LogP contribution in [0, 0.1) is 0 Å². The molecule has 0 saturated carbocycles. The summed E-state index contributed by atoms with van der Waals surface area (Å²) >= 11 is 1.93. The van der Waals surface area contributed by atoms with Gasteiger partial charge in [-0.1, -0.05) is 71.1 Å². The van der Waals surface area contributed by atoms with Gasteiger partial charge in [-0.3, -0.25) is 0 Å². The Hall–Kier alpha value is 0.0200. The van der Waals surface area contributed by atoms with Crippen LogP contribution in [0.3, 0.4) is 0 Å². The Morgan fingerprint density at radius 1 is 0.722 bits per heavy atom. The summed E-state index contributed by atoms with van der Waals surface area (Å²) in [6, 6.07) is 0. The minimum atomic E-state index is 0.725. The van der Waals surface area contributed by atoms with Gasteiger partial charge >= 0.3 is 0 Å². The highest BCUT2D eigenvalue weighted by Crippen LogP contribution is 2.12. The molecule has 0 aromatic carbocycles. The van der Waals surface area contributed by atoms with Crippen molar-refractivity contribution in [2.45, 2.75) is 84.0 Å². The van der Waals surface area contributed by atoms with Crippen LogP contribution in [0.5, 0.6) is 0 Å². The first kappa shape index (κ1) is 18.0. The number of thioether (sulfide) groups is 1. The van der Waals surface area contributed by atoms with E-state index in [2.05, 4.69) is 6.92 Å². The molecule has 0 N–H and O–H groups in total. The zero-order chi connectivity index (χ0) is 13.3. The molecule has 0 aliphatic heterocycles. The van der Waals surface area contributed by atoms with Crippen LogP contribution in [0.4, 0.5) is 0 Å². The molecule has 0 aliphatic rings. The summed E-state index contributed by atoms with van der Waals surface area (Å²) in [5.41, 5.74) is 0. The highest BCUT2D eigenvalue weighted by Gasteiger charge is 1.93. The van der Waals surface area contributed by atoms with Crippen molar-refractivity contribution in [2.24, 2.45) is 0 Å². The Morgan fingerprint density at radius 3 is 1.72 bits per heavy atom. The van der Waals surface area contributed by atoms with Crippen molar-refractivity contribution in [1.82, 2.24) is 0 Å². The van der Waals surface area contributed by atoms with Gasteiger partial charge < -0.3 is 4.79 Å². The Labute approximate surface area is 118 Å². The topological polar surface area (TPSA) is 17.1 Å². The Bertz CT molecular complexity index is 159. The third-order valence-electron chi connectivity index (χ3n) is 3.27. The number of rotatable bonds is 15. The van der Waals surface area contributed by atoms with Crippen molar-refractivity contribution in [3.05, 3.63) is 0 Å². The lowest BCUT2D eigenvalue weighted by atomic mass is 10.1. The normalized spacial score (nSPS) is 10.7. The summed E-state index contributed by atoms with van der Waals surface area (Å²) < 4.78 is 0. The SMILES string of the molecule is CCCCCCCCCCCCCSCCC=O. The van der Waals surface area contributed by atoms with E-state index >= 15 is 0 Å². The first-order valence-corrected chi connectivity index (χ1v) is 9.08. The summed E-state index contributed by atoms with van der Waals surface area (Å²) in [4.78, 5) is 10.1. The zero-order valence-corrected chi connectivity index (χ0v) is 13.1. The van der Waals surface area contributed by atoms with E-state index in [9.17, 15) is 4.79 Å². The van der Waals surface area contributed by atoms with Gasteiger partial charge in [0, 0.05) is 6.42 Å². The van der Waals surface area contributed by atoms with Crippen molar-refractivity contribution in [2.75, 3.05) is 11.5 Å². The monoisotopic (exact) mass is 272 g/mol. The van der Waals surface area contributed by atoms with E-state index in [0.717, 1.165) is 18.5 Å². The molecule has 0 spiro atoms. The van der Waals surface area contributed by atoms with E-state index in [1.165, 1.54) is 76.4 Å². The van der Waals surface area contributed by atoms with Gasteiger partial charge in [-0.25, -0.2) is 0 Å². The van der Waals surface area contributed by atoms with Crippen LogP contribution in [-0.2, 0) is 4.79 Å². The summed E-state index contributed by atoms with van der Waals surface area (Å²) in [6.45, 7) is 2.28. The van der Waals surface area contributed by atoms with Crippen LogP contribution in [-0.4, -0.2) is 17.8 Å². The number of hydrogen-bond acceptors (Lipinski definition) is 2. The van der Waals surface area contributed by atoms with E-state index in [1.54, 1.807) is 0 Å². The number of aldehydes is 1. The minimum Gasteiger partial charge on any atom is -0.303 e. The maximum absolute atomic E-state index is 10.1. The Morgan fingerprint density at radius 2 is 1.22 bits per heavy atom. The number of hydrogen-bond donors (Lipinski definition) is 0. The molecule has 0 rings (SSSR count). The van der Waals surface area contributed by atoms with E-state index < -0.39 is 0 Å². The molecule has 0 unspecified atom stereocenters. The first-order chi connectivity index (χ1) is 8.91. The van der Waals surface area contributed by atoms with Crippen LogP contribution >= 0.6 is 11.8 Å². The molecule has 0 bridgehead atoms. The average Bonchev–Trinajstić information content (AvgIpc) is 2.39. The van der Waals surface area contributed by atoms with Gasteiger partial charge in [-0.2, -0.15) is 11.8 Å². The second kappa shape index (κ2) is 17.0. The summed E-state index contributed by atoms with van der Waals surface area (Å²) in [5.74, 6) is 2.26. The lowest BCUT2D eigenvalue weighted by Gasteiger charge is -2.02. The summed E-state index contributed by atoms with van der Waals surface area (Å²) in [5, 5.41) is 0. The zero-order valence-electron chi connectivity index (χ0n) is 12.3. The fourth-order valence-electron chi connectivity index (χ4n) is 2.10. The van der Waals surface area contributed by atoms with Crippen LogP contribution in [0.1, 0.15) is 84.0 Å².